The number of aryl methyl sites for hydroxylation is 1. The monoisotopic (exact) mass is 379 g/mol. The molecule has 2 aromatic heterocycles. The molecule has 1 N–H and O–H groups in total. The number of urea groups is 1. The van der Waals surface area contributed by atoms with Gasteiger partial charge in [0.15, 0.2) is 9.84 Å². The van der Waals surface area contributed by atoms with Crippen molar-refractivity contribution >= 4 is 27.2 Å². The maximum absolute atomic E-state index is 12.7. The normalized spacial score (nSPS) is 18.8. The van der Waals surface area contributed by atoms with E-state index in [4.69, 9.17) is 0 Å². The number of carbonyl (C=O) groups excluding carboxylic acids is 1. The van der Waals surface area contributed by atoms with Crippen LogP contribution in [0.15, 0.2) is 36.7 Å². The highest BCUT2D eigenvalue weighted by Crippen LogP contribution is 2.19. The Hall–Kier alpha value is -1.93. The molecule has 0 aliphatic carbocycles. The van der Waals surface area contributed by atoms with Gasteiger partial charge in [-0.2, -0.15) is 0 Å². The Labute approximate surface area is 151 Å². The maximum Gasteiger partial charge on any atom is 0.318 e. The Kier molecular flexibility index (Phi) is 5.39. The van der Waals surface area contributed by atoms with Gasteiger partial charge in [-0.3, -0.25) is 4.98 Å². The largest absolute Gasteiger partial charge is 0.334 e. The molecule has 1 aliphatic rings. The van der Waals surface area contributed by atoms with E-state index in [0.29, 0.717) is 19.5 Å². The van der Waals surface area contributed by atoms with E-state index < -0.39 is 9.84 Å². The Balaban J connectivity index is 1.71. The van der Waals surface area contributed by atoms with Crippen LogP contribution in [0.3, 0.4) is 0 Å². The van der Waals surface area contributed by atoms with Crippen molar-refractivity contribution in [3.05, 3.63) is 52.0 Å². The summed E-state index contributed by atoms with van der Waals surface area (Å²) in [5, 5.41) is 2.88. The maximum atomic E-state index is 12.7. The Morgan fingerprint density at radius 2 is 2.04 bits per heavy atom. The fraction of sp³-hybridized carbons (Fsp3) is 0.412. The predicted octanol–water partition coefficient (Wildman–Crippen LogP) is 2.35. The molecule has 0 unspecified atom stereocenters. The number of aromatic nitrogens is 1. The zero-order chi connectivity index (χ0) is 17.9. The van der Waals surface area contributed by atoms with Crippen LogP contribution < -0.4 is 5.32 Å². The van der Waals surface area contributed by atoms with Crippen molar-refractivity contribution in [2.24, 2.45) is 0 Å². The summed E-state index contributed by atoms with van der Waals surface area (Å²) in [6, 6.07) is 7.27. The number of rotatable bonds is 5. The third-order valence-corrected chi connectivity index (χ3v) is 6.87. The summed E-state index contributed by atoms with van der Waals surface area (Å²) in [5.41, 5.74) is 0.984. The van der Waals surface area contributed by atoms with Crippen molar-refractivity contribution in [3.8, 4) is 0 Å². The molecular weight excluding hydrogens is 358 g/mol. The second-order valence-corrected chi connectivity index (χ2v) is 9.87. The molecule has 0 radical (unpaired) electrons. The van der Waals surface area contributed by atoms with Gasteiger partial charge in [-0.25, -0.2) is 13.2 Å². The summed E-state index contributed by atoms with van der Waals surface area (Å²) in [5.74, 6) is 0.173. The van der Waals surface area contributed by atoms with Crippen molar-refractivity contribution in [2.75, 3.05) is 11.5 Å². The molecule has 134 valence electrons. The molecular formula is C17H21N3O3S2. The van der Waals surface area contributed by atoms with Gasteiger partial charge in [-0.1, -0.05) is 0 Å². The van der Waals surface area contributed by atoms with Crippen LogP contribution in [-0.2, 0) is 22.9 Å². The Morgan fingerprint density at radius 3 is 2.64 bits per heavy atom. The highest BCUT2D eigenvalue weighted by atomic mass is 32.2. The molecule has 3 rings (SSSR count). The summed E-state index contributed by atoms with van der Waals surface area (Å²) < 4.78 is 23.2. The second-order valence-electron chi connectivity index (χ2n) is 6.27. The molecule has 1 aliphatic heterocycles. The molecule has 1 saturated heterocycles. The van der Waals surface area contributed by atoms with Crippen LogP contribution in [0.4, 0.5) is 4.79 Å². The second kappa shape index (κ2) is 7.53. The molecule has 2 aromatic rings. The van der Waals surface area contributed by atoms with Gasteiger partial charge in [-0.05, 0) is 43.2 Å². The standard InChI is InChI=1S/C17H21N3O3S2/c1-13-2-3-16(24-13)11-20(10-14-4-7-18-8-5-14)17(21)19-15-6-9-25(22,23)12-15/h2-5,7-8,15H,6,9-12H2,1H3,(H,19,21)/t15-/m0/s1. The quantitative estimate of drug-likeness (QED) is 0.865. The zero-order valence-corrected chi connectivity index (χ0v) is 15.6. The van der Waals surface area contributed by atoms with Crippen molar-refractivity contribution in [1.82, 2.24) is 15.2 Å². The Morgan fingerprint density at radius 1 is 1.28 bits per heavy atom. The number of hydrogen-bond donors (Lipinski definition) is 1. The molecule has 0 bridgehead atoms. The minimum Gasteiger partial charge on any atom is -0.334 e. The molecule has 25 heavy (non-hydrogen) atoms. The first kappa shape index (κ1) is 17.9. The average molecular weight is 380 g/mol. The van der Waals surface area contributed by atoms with E-state index in [0.717, 1.165) is 10.4 Å². The van der Waals surface area contributed by atoms with E-state index >= 15 is 0 Å². The van der Waals surface area contributed by atoms with E-state index in [9.17, 15) is 13.2 Å². The fourth-order valence-corrected chi connectivity index (χ4v) is 5.42. The lowest BCUT2D eigenvalue weighted by Crippen LogP contribution is -2.44. The number of carbonyl (C=O) groups is 1. The topological polar surface area (TPSA) is 79.4 Å². The zero-order valence-electron chi connectivity index (χ0n) is 14.0. The third-order valence-electron chi connectivity index (χ3n) is 4.11. The predicted molar refractivity (Wildman–Crippen MR) is 98.1 cm³/mol. The number of amides is 2. The smallest absolute Gasteiger partial charge is 0.318 e. The highest BCUT2D eigenvalue weighted by Gasteiger charge is 2.30. The summed E-state index contributed by atoms with van der Waals surface area (Å²) in [4.78, 5) is 20.7. The molecule has 0 spiro atoms. The number of nitrogens with zero attached hydrogens (tertiary/aromatic N) is 2. The highest BCUT2D eigenvalue weighted by molar-refractivity contribution is 7.91. The fourth-order valence-electron chi connectivity index (χ4n) is 2.84. The van der Waals surface area contributed by atoms with E-state index in [-0.39, 0.29) is 23.6 Å². The molecule has 1 fully saturated rings. The molecule has 8 heteroatoms. The summed E-state index contributed by atoms with van der Waals surface area (Å²) in [7, 11) is -3.02. The number of thiophene rings is 1. The summed E-state index contributed by atoms with van der Waals surface area (Å²) in [6.45, 7) is 2.97. The van der Waals surface area contributed by atoms with Crippen molar-refractivity contribution in [1.29, 1.82) is 0 Å². The molecule has 1 atom stereocenters. The molecule has 6 nitrogen and oxygen atoms in total. The lowest BCUT2D eigenvalue weighted by atomic mass is 10.2. The van der Waals surface area contributed by atoms with E-state index in [1.54, 1.807) is 28.6 Å². The van der Waals surface area contributed by atoms with Gasteiger partial charge < -0.3 is 10.2 Å². The van der Waals surface area contributed by atoms with E-state index in [1.165, 1.54) is 4.88 Å². The summed E-state index contributed by atoms with van der Waals surface area (Å²) in [6.07, 6.45) is 3.88. The van der Waals surface area contributed by atoms with Crippen LogP contribution >= 0.6 is 11.3 Å². The van der Waals surface area contributed by atoms with Crippen molar-refractivity contribution in [2.45, 2.75) is 32.5 Å². The van der Waals surface area contributed by atoms with Crippen LogP contribution in [-0.4, -0.2) is 41.9 Å². The van der Waals surface area contributed by atoms with Gasteiger partial charge in [0.2, 0.25) is 0 Å². The minimum atomic E-state index is -3.02. The van der Waals surface area contributed by atoms with Crippen LogP contribution in [0.1, 0.15) is 21.7 Å². The van der Waals surface area contributed by atoms with Crippen LogP contribution in [0.25, 0.3) is 0 Å². The lowest BCUT2D eigenvalue weighted by molar-refractivity contribution is 0.189. The van der Waals surface area contributed by atoms with Crippen LogP contribution in [0.5, 0.6) is 0 Å². The van der Waals surface area contributed by atoms with Gasteiger partial charge in [0.25, 0.3) is 0 Å². The number of hydrogen-bond acceptors (Lipinski definition) is 5. The number of pyridine rings is 1. The van der Waals surface area contributed by atoms with E-state index in [1.807, 2.05) is 31.2 Å². The minimum absolute atomic E-state index is 0.0277. The third kappa shape index (κ3) is 5.02. The number of nitrogens with one attached hydrogen (secondary N) is 1. The van der Waals surface area contributed by atoms with Crippen molar-refractivity contribution in [3.63, 3.8) is 0 Å². The van der Waals surface area contributed by atoms with E-state index in [2.05, 4.69) is 10.3 Å². The van der Waals surface area contributed by atoms with Gasteiger partial charge in [0.05, 0.1) is 18.1 Å². The summed E-state index contributed by atoms with van der Waals surface area (Å²) >= 11 is 1.66. The molecule has 3 heterocycles. The Bertz CT molecular complexity index is 834. The first-order chi connectivity index (χ1) is 11.9. The van der Waals surface area contributed by atoms with Gasteiger partial charge in [-0.15, -0.1) is 11.3 Å². The average Bonchev–Trinajstić information content (AvgIpc) is 3.12. The van der Waals surface area contributed by atoms with Crippen LogP contribution in [0.2, 0.25) is 0 Å². The van der Waals surface area contributed by atoms with Gasteiger partial charge >= 0.3 is 6.03 Å². The van der Waals surface area contributed by atoms with Crippen LogP contribution in [0, 0.1) is 6.92 Å². The first-order valence-electron chi connectivity index (χ1n) is 8.11. The van der Waals surface area contributed by atoms with Crippen molar-refractivity contribution < 1.29 is 13.2 Å². The molecule has 2 amide bonds. The number of sulfone groups is 1. The lowest BCUT2D eigenvalue weighted by Gasteiger charge is -2.24. The van der Waals surface area contributed by atoms with Gasteiger partial charge in [0, 0.05) is 34.7 Å². The molecule has 0 aromatic carbocycles. The first-order valence-corrected chi connectivity index (χ1v) is 10.8. The van der Waals surface area contributed by atoms with Gasteiger partial charge in [0.1, 0.15) is 0 Å². The SMILES string of the molecule is Cc1ccc(CN(Cc2ccncc2)C(=O)N[C@H]2CCS(=O)(=O)C2)s1. The molecule has 0 saturated carbocycles.